The first kappa shape index (κ1) is 8.69. The smallest absolute Gasteiger partial charge is 0.307 e. The van der Waals surface area contributed by atoms with Crippen LogP contribution in [0.2, 0.25) is 0 Å². The van der Waals surface area contributed by atoms with Crippen molar-refractivity contribution in [3.63, 3.8) is 0 Å². The molecule has 0 amide bonds. The van der Waals surface area contributed by atoms with Crippen molar-refractivity contribution in [2.24, 2.45) is 11.3 Å². The van der Waals surface area contributed by atoms with E-state index in [-0.39, 0.29) is 12.2 Å². The molecule has 2 aliphatic rings. The second kappa shape index (κ2) is 2.80. The van der Waals surface area contributed by atoms with Crippen molar-refractivity contribution >= 4 is 11.8 Å². The molecule has 1 aliphatic heterocycles. The summed E-state index contributed by atoms with van der Waals surface area (Å²) in [5.74, 6) is -1.06. The maximum atomic E-state index is 11.4. The van der Waals surface area contributed by atoms with Crippen molar-refractivity contribution < 1.29 is 14.7 Å². The lowest BCUT2D eigenvalue weighted by Gasteiger charge is -2.48. The number of Topliss-reactive ketones (excluding diaryl/α,β-unsaturated/α-hetero) is 1. The van der Waals surface area contributed by atoms with E-state index in [4.69, 9.17) is 5.11 Å². The summed E-state index contributed by atoms with van der Waals surface area (Å²) in [6.07, 6.45) is 1.64. The number of ketones is 1. The molecular formula is C9H13NO3. The monoisotopic (exact) mass is 183 g/mol. The molecule has 0 aromatic carbocycles. The van der Waals surface area contributed by atoms with Crippen LogP contribution in [-0.4, -0.2) is 29.9 Å². The van der Waals surface area contributed by atoms with E-state index in [1.165, 1.54) is 0 Å². The molecule has 1 aliphatic carbocycles. The summed E-state index contributed by atoms with van der Waals surface area (Å²) in [7, 11) is 0. The predicted octanol–water partition coefficient (Wildman–Crippen LogP) is 0.0298. The highest BCUT2D eigenvalue weighted by atomic mass is 16.4. The minimum Gasteiger partial charge on any atom is -0.481 e. The maximum Gasteiger partial charge on any atom is 0.307 e. The lowest BCUT2D eigenvalue weighted by molar-refractivity contribution is -0.167. The molecule has 0 aromatic heterocycles. The van der Waals surface area contributed by atoms with Gasteiger partial charge in [0.1, 0.15) is 5.78 Å². The van der Waals surface area contributed by atoms with E-state index in [0.717, 1.165) is 13.1 Å². The van der Waals surface area contributed by atoms with Gasteiger partial charge in [0.25, 0.3) is 0 Å². The van der Waals surface area contributed by atoms with Crippen LogP contribution < -0.4 is 5.32 Å². The van der Waals surface area contributed by atoms with Crippen LogP contribution in [0.25, 0.3) is 0 Å². The van der Waals surface area contributed by atoms with Gasteiger partial charge in [-0.15, -0.1) is 0 Å². The molecule has 13 heavy (non-hydrogen) atoms. The number of nitrogens with one attached hydrogen (secondary N) is 1. The van der Waals surface area contributed by atoms with Gasteiger partial charge >= 0.3 is 5.97 Å². The lowest BCUT2D eigenvalue weighted by atomic mass is 9.55. The van der Waals surface area contributed by atoms with E-state index >= 15 is 0 Å². The normalized spacial score (nSPS) is 31.4. The number of carbonyl (C=O) groups excluding carboxylic acids is 1. The maximum absolute atomic E-state index is 11.4. The van der Waals surface area contributed by atoms with E-state index in [9.17, 15) is 9.59 Å². The van der Waals surface area contributed by atoms with Crippen molar-refractivity contribution in [3.05, 3.63) is 0 Å². The second-order valence-electron chi connectivity index (χ2n) is 3.92. The topological polar surface area (TPSA) is 66.4 Å². The Balaban J connectivity index is 2.17. The van der Waals surface area contributed by atoms with Gasteiger partial charge in [-0.3, -0.25) is 9.59 Å². The van der Waals surface area contributed by atoms with Crippen molar-refractivity contribution in [3.8, 4) is 0 Å². The average Bonchev–Trinajstić information content (AvgIpc) is 2.15. The molecule has 1 atom stereocenters. The fourth-order valence-electron chi connectivity index (χ4n) is 2.47. The highest BCUT2D eigenvalue weighted by molar-refractivity contribution is 5.99. The van der Waals surface area contributed by atoms with Crippen LogP contribution in [0.5, 0.6) is 0 Å². The van der Waals surface area contributed by atoms with Gasteiger partial charge in [-0.25, -0.2) is 0 Å². The summed E-state index contributed by atoms with van der Waals surface area (Å²) in [5.41, 5.74) is -0.503. The van der Waals surface area contributed by atoms with Crippen molar-refractivity contribution in [2.75, 3.05) is 13.1 Å². The summed E-state index contributed by atoms with van der Waals surface area (Å²) >= 11 is 0. The molecule has 1 heterocycles. The highest BCUT2D eigenvalue weighted by Crippen LogP contribution is 2.49. The largest absolute Gasteiger partial charge is 0.481 e. The number of hydrogen-bond donors (Lipinski definition) is 2. The van der Waals surface area contributed by atoms with Gasteiger partial charge < -0.3 is 10.4 Å². The minimum absolute atomic E-state index is 0.154. The Morgan fingerprint density at radius 2 is 2.08 bits per heavy atom. The van der Waals surface area contributed by atoms with Crippen LogP contribution in [0, 0.1) is 11.3 Å². The molecule has 1 saturated carbocycles. The van der Waals surface area contributed by atoms with Crippen LogP contribution >= 0.6 is 0 Å². The molecule has 0 aromatic rings. The Morgan fingerprint density at radius 3 is 2.54 bits per heavy atom. The third-order valence-electron chi connectivity index (χ3n) is 3.41. The first-order chi connectivity index (χ1) is 6.17. The molecule has 4 heteroatoms. The molecule has 2 fully saturated rings. The summed E-state index contributed by atoms with van der Waals surface area (Å²) in [6, 6.07) is 0. The fraction of sp³-hybridized carbons (Fsp3) is 0.778. The van der Waals surface area contributed by atoms with Gasteiger partial charge in [-0.05, 0) is 25.9 Å². The fourth-order valence-corrected chi connectivity index (χ4v) is 2.47. The Labute approximate surface area is 76.3 Å². The number of rotatable bonds is 1. The molecule has 2 rings (SSSR count). The quantitative estimate of drug-likeness (QED) is 0.602. The van der Waals surface area contributed by atoms with Crippen LogP contribution in [0.1, 0.15) is 19.3 Å². The first-order valence-electron chi connectivity index (χ1n) is 4.64. The number of aliphatic carboxylic acids is 1. The summed E-state index contributed by atoms with van der Waals surface area (Å²) in [6.45, 7) is 1.55. The standard InChI is InChI=1S/C9H13NO3/c11-7-5-6(8(12)13)9(7)1-3-10-4-2-9/h6,10H,1-5H2,(H,12,13). The lowest BCUT2D eigenvalue weighted by Crippen LogP contribution is -2.57. The number of piperidine rings is 1. The highest BCUT2D eigenvalue weighted by Gasteiger charge is 2.57. The number of carbonyl (C=O) groups is 2. The van der Waals surface area contributed by atoms with E-state index in [2.05, 4.69) is 5.32 Å². The van der Waals surface area contributed by atoms with Gasteiger partial charge in [-0.2, -0.15) is 0 Å². The summed E-state index contributed by atoms with van der Waals surface area (Å²) in [5, 5.41) is 12.0. The SMILES string of the molecule is O=C(O)C1CC(=O)C12CCNCC2. The van der Waals surface area contributed by atoms with Gasteiger partial charge in [-0.1, -0.05) is 0 Å². The van der Waals surface area contributed by atoms with Crippen LogP contribution in [-0.2, 0) is 9.59 Å². The minimum atomic E-state index is -0.804. The van der Waals surface area contributed by atoms with Crippen LogP contribution in [0.4, 0.5) is 0 Å². The Kier molecular flexibility index (Phi) is 1.87. The van der Waals surface area contributed by atoms with E-state index in [1.807, 2.05) is 0 Å². The van der Waals surface area contributed by atoms with Gasteiger partial charge in [0.05, 0.1) is 5.92 Å². The van der Waals surface area contributed by atoms with E-state index < -0.39 is 17.3 Å². The van der Waals surface area contributed by atoms with Crippen molar-refractivity contribution in [1.29, 1.82) is 0 Å². The molecule has 0 radical (unpaired) electrons. The Bertz CT molecular complexity index is 256. The number of carboxylic acids is 1. The predicted molar refractivity (Wildman–Crippen MR) is 45.3 cm³/mol. The number of hydrogen-bond acceptors (Lipinski definition) is 3. The van der Waals surface area contributed by atoms with Gasteiger partial charge in [0.15, 0.2) is 0 Å². The molecule has 0 bridgehead atoms. The van der Waals surface area contributed by atoms with Crippen LogP contribution in [0.15, 0.2) is 0 Å². The second-order valence-corrected chi connectivity index (χ2v) is 3.92. The van der Waals surface area contributed by atoms with Crippen molar-refractivity contribution in [2.45, 2.75) is 19.3 Å². The number of carboxylic acid groups (broad SMARTS) is 1. The van der Waals surface area contributed by atoms with Gasteiger partial charge in [0.2, 0.25) is 0 Å². The Hall–Kier alpha value is -0.900. The molecular weight excluding hydrogens is 170 g/mol. The summed E-state index contributed by atoms with van der Waals surface area (Å²) < 4.78 is 0. The zero-order chi connectivity index (χ0) is 9.47. The Morgan fingerprint density at radius 1 is 1.46 bits per heavy atom. The van der Waals surface area contributed by atoms with E-state index in [1.54, 1.807) is 0 Å². The van der Waals surface area contributed by atoms with Crippen LogP contribution in [0.3, 0.4) is 0 Å². The van der Waals surface area contributed by atoms with Gasteiger partial charge in [0, 0.05) is 11.8 Å². The van der Waals surface area contributed by atoms with Crippen molar-refractivity contribution in [1.82, 2.24) is 5.32 Å². The molecule has 1 spiro atoms. The molecule has 1 unspecified atom stereocenters. The molecule has 4 nitrogen and oxygen atoms in total. The summed E-state index contributed by atoms with van der Waals surface area (Å²) in [4.78, 5) is 22.3. The average molecular weight is 183 g/mol. The zero-order valence-corrected chi connectivity index (χ0v) is 7.38. The van der Waals surface area contributed by atoms with E-state index in [0.29, 0.717) is 12.8 Å². The first-order valence-corrected chi connectivity index (χ1v) is 4.64. The molecule has 72 valence electrons. The third-order valence-corrected chi connectivity index (χ3v) is 3.41. The molecule has 1 saturated heterocycles. The third kappa shape index (κ3) is 1.09. The molecule has 2 N–H and O–H groups in total. The zero-order valence-electron chi connectivity index (χ0n) is 7.38.